The first kappa shape index (κ1) is 25.5. The van der Waals surface area contributed by atoms with Crippen LogP contribution >= 0.6 is 0 Å². The number of carbonyl (C=O) groups is 3. The average Bonchev–Trinajstić information content (AvgIpc) is 2.87. The standard InChI is InChI=1S/C27H28N2O6/c1-18(30)23(29-27(34)35-17-19-11-5-2-6-12-19)25(31)28-24(26(32)33)22(20-13-7-3-8-14-20)21-15-9-4-10-16-21/h2-16,18,22-24,30H,17H2,1H3,(H,28,31)(H,29,34)(H,32,33)/t18-,23+,24-/m1/s1. The molecule has 3 aromatic carbocycles. The number of ether oxygens (including phenoxy) is 1. The molecule has 0 heterocycles. The van der Waals surface area contributed by atoms with E-state index in [4.69, 9.17) is 4.74 Å². The number of nitrogens with one attached hydrogen (secondary N) is 2. The van der Waals surface area contributed by atoms with E-state index in [0.717, 1.165) is 5.56 Å². The van der Waals surface area contributed by atoms with Crippen LogP contribution in [0.25, 0.3) is 0 Å². The second kappa shape index (κ2) is 12.3. The molecule has 0 fully saturated rings. The zero-order valence-electron chi connectivity index (χ0n) is 19.2. The van der Waals surface area contributed by atoms with Crippen molar-refractivity contribution >= 4 is 18.0 Å². The molecule has 0 saturated heterocycles. The third-order valence-corrected chi connectivity index (χ3v) is 5.47. The summed E-state index contributed by atoms with van der Waals surface area (Å²) in [7, 11) is 0. The molecule has 0 aliphatic rings. The second-order valence-corrected chi connectivity index (χ2v) is 8.05. The molecule has 0 spiro atoms. The number of rotatable bonds is 10. The molecule has 0 unspecified atom stereocenters. The van der Waals surface area contributed by atoms with E-state index >= 15 is 0 Å². The summed E-state index contributed by atoms with van der Waals surface area (Å²) in [6.07, 6.45) is -2.22. The van der Waals surface area contributed by atoms with Crippen molar-refractivity contribution in [3.8, 4) is 0 Å². The highest BCUT2D eigenvalue weighted by Crippen LogP contribution is 2.28. The average molecular weight is 477 g/mol. The van der Waals surface area contributed by atoms with Gasteiger partial charge < -0.3 is 25.6 Å². The Morgan fingerprint density at radius 2 is 1.26 bits per heavy atom. The SMILES string of the molecule is C[C@@H](O)[C@H](NC(=O)OCc1ccccc1)C(=O)N[C@@H](C(=O)O)C(c1ccccc1)c1ccccc1. The summed E-state index contributed by atoms with van der Waals surface area (Å²) < 4.78 is 5.14. The molecule has 35 heavy (non-hydrogen) atoms. The van der Waals surface area contributed by atoms with Crippen LogP contribution in [0.3, 0.4) is 0 Å². The molecular weight excluding hydrogens is 448 g/mol. The third kappa shape index (κ3) is 7.15. The summed E-state index contributed by atoms with van der Waals surface area (Å²) in [5.74, 6) is -2.81. The van der Waals surface area contributed by atoms with Crippen LogP contribution in [0.15, 0.2) is 91.0 Å². The van der Waals surface area contributed by atoms with Gasteiger partial charge in [0, 0.05) is 5.92 Å². The highest BCUT2D eigenvalue weighted by Gasteiger charge is 2.35. The van der Waals surface area contributed by atoms with Crippen LogP contribution in [-0.4, -0.2) is 46.4 Å². The van der Waals surface area contributed by atoms with Crippen molar-refractivity contribution in [2.75, 3.05) is 0 Å². The Labute approximate surface area is 203 Å². The van der Waals surface area contributed by atoms with Crippen LogP contribution in [0.4, 0.5) is 4.79 Å². The molecule has 0 aromatic heterocycles. The van der Waals surface area contributed by atoms with Crippen molar-refractivity contribution in [1.29, 1.82) is 0 Å². The van der Waals surface area contributed by atoms with Gasteiger partial charge in [0.25, 0.3) is 0 Å². The van der Waals surface area contributed by atoms with E-state index < -0.39 is 42.1 Å². The van der Waals surface area contributed by atoms with Crippen molar-refractivity contribution < 1.29 is 29.3 Å². The van der Waals surface area contributed by atoms with Gasteiger partial charge in [-0.15, -0.1) is 0 Å². The van der Waals surface area contributed by atoms with Gasteiger partial charge in [-0.05, 0) is 23.6 Å². The van der Waals surface area contributed by atoms with Gasteiger partial charge in [-0.3, -0.25) is 4.79 Å². The van der Waals surface area contributed by atoms with E-state index in [1.54, 1.807) is 72.8 Å². The molecule has 3 atom stereocenters. The number of benzene rings is 3. The van der Waals surface area contributed by atoms with Crippen molar-refractivity contribution in [1.82, 2.24) is 10.6 Å². The number of aliphatic hydroxyl groups excluding tert-OH is 1. The van der Waals surface area contributed by atoms with Crippen LogP contribution in [0.2, 0.25) is 0 Å². The van der Waals surface area contributed by atoms with Crippen molar-refractivity contribution in [2.24, 2.45) is 0 Å². The Bertz CT molecular complexity index is 1070. The van der Waals surface area contributed by atoms with Gasteiger partial charge in [-0.1, -0.05) is 91.0 Å². The Hall–Kier alpha value is -4.17. The summed E-state index contributed by atoms with van der Waals surface area (Å²) in [5, 5.41) is 25.0. The van der Waals surface area contributed by atoms with Crippen LogP contribution in [0, 0.1) is 0 Å². The molecule has 3 aromatic rings. The smallest absolute Gasteiger partial charge is 0.408 e. The van der Waals surface area contributed by atoms with E-state index in [2.05, 4.69) is 10.6 Å². The molecule has 0 radical (unpaired) electrons. The van der Waals surface area contributed by atoms with Crippen molar-refractivity contribution in [3.63, 3.8) is 0 Å². The molecule has 0 bridgehead atoms. The first-order valence-electron chi connectivity index (χ1n) is 11.1. The lowest BCUT2D eigenvalue weighted by Gasteiger charge is -2.28. The Balaban J connectivity index is 1.78. The van der Waals surface area contributed by atoms with E-state index in [1.807, 2.05) is 18.2 Å². The first-order valence-corrected chi connectivity index (χ1v) is 11.1. The lowest BCUT2D eigenvalue weighted by atomic mass is 9.84. The zero-order valence-corrected chi connectivity index (χ0v) is 19.2. The fourth-order valence-electron chi connectivity index (χ4n) is 3.73. The molecule has 4 N–H and O–H groups in total. The Morgan fingerprint density at radius 1 is 0.771 bits per heavy atom. The molecule has 8 nitrogen and oxygen atoms in total. The molecule has 0 aliphatic heterocycles. The second-order valence-electron chi connectivity index (χ2n) is 8.05. The molecule has 2 amide bonds. The van der Waals surface area contributed by atoms with Gasteiger partial charge in [0.2, 0.25) is 5.91 Å². The summed E-state index contributed by atoms with van der Waals surface area (Å²) in [6.45, 7) is 1.30. The number of alkyl carbamates (subject to hydrolysis) is 1. The van der Waals surface area contributed by atoms with Gasteiger partial charge in [-0.25, -0.2) is 9.59 Å². The number of amides is 2. The lowest BCUT2D eigenvalue weighted by molar-refractivity contribution is -0.143. The quantitative estimate of drug-likeness (QED) is 0.356. The lowest BCUT2D eigenvalue weighted by Crippen LogP contribution is -2.57. The molecule has 8 heteroatoms. The normalized spacial score (nSPS) is 13.3. The minimum Gasteiger partial charge on any atom is -0.480 e. The Kier molecular flexibility index (Phi) is 8.97. The topological polar surface area (TPSA) is 125 Å². The van der Waals surface area contributed by atoms with Crippen LogP contribution in [-0.2, 0) is 20.9 Å². The molecule has 0 saturated carbocycles. The van der Waals surface area contributed by atoms with E-state index in [-0.39, 0.29) is 6.61 Å². The number of hydrogen-bond acceptors (Lipinski definition) is 5. The fraction of sp³-hybridized carbons (Fsp3) is 0.222. The van der Waals surface area contributed by atoms with Crippen LogP contribution in [0.5, 0.6) is 0 Å². The number of aliphatic carboxylic acids is 1. The maximum absolute atomic E-state index is 13.1. The minimum atomic E-state index is -1.42. The highest BCUT2D eigenvalue weighted by atomic mass is 16.5. The number of aliphatic hydroxyl groups is 1. The summed E-state index contributed by atoms with van der Waals surface area (Å²) in [6, 6.07) is 24.1. The fourth-order valence-corrected chi connectivity index (χ4v) is 3.73. The van der Waals surface area contributed by atoms with E-state index in [0.29, 0.717) is 11.1 Å². The zero-order chi connectivity index (χ0) is 25.2. The van der Waals surface area contributed by atoms with Gasteiger partial charge in [0.1, 0.15) is 18.7 Å². The highest BCUT2D eigenvalue weighted by molar-refractivity contribution is 5.90. The number of hydrogen-bond donors (Lipinski definition) is 4. The maximum Gasteiger partial charge on any atom is 0.408 e. The van der Waals surface area contributed by atoms with Gasteiger partial charge >= 0.3 is 12.1 Å². The molecule has 3 rings (SSSR count). The molecule has 182 valence electrons. The van der Waals surface area contributed by atoms with Crippen LogP contribution < -0.4 is 10.6 Å². The Morgan fingerprint density at radius 3 is 1.71 bits per heavy atom. The van der Waals surface area contributed by atoms with Gasteiger partial charge in [-0.2, -0.15) is 0 Å². The predicted molar refractivity (Wildman–Crippen MR) is 130 cm³/mol. The van der Waals surface area contributed by atoms with Crippen LogP contribution in [0.1, 0.15) is 29.5 Å². The third-order valence-electron chi connectivity index (χ3n) is 5.47. The minimum absolute atomic E-state index is 0.0251. The van der Waals surface area contributed by atoms with E-state index in [9.17, 15) is 24.6 Å². The van der Waals surface area contributed by atoms with Crippen molar-refractivity contribution in [2.45, 2.75) is 37.6 Å². The monoisotopic (exact) mass is 476 g/mol. The van der Waals surface area contributed by atoms with Gasteiger partial charge in [0.05, 0.1) is 6.10 Å². The molecule has 0 aliphatic carbocycles. The molecular formula is C27H28N2O6. The summed E-state index contributed by atoms with van der Waals surface area (Å²) in [4.78, 5) is 37.7. The van der Waals surface area contributed by atoms with E-state index in [1.165, 1.54) is 6.92 Å². The first-order chi connectivity index (χ1) is 16.9. The summed E-state index contributed by atoms with van der Waals surface area (Å²) >= 11 is 0. The number of carbonyl (C=O) groups excluding carboxylic acids is 2. The maximum atomic E-state index is 13.1. The predicted octanol–water partition coefficient (Wildman–Crippen LogP) is 3.06. The summed E-state index contributed by atoms with van der Waals surface area (Å²) in [5.41, 5.74) is 2.13. The van der Waals surface area contributed by atoms with Crippen molar-refractivity contribution in [3.05, 3.63) is 108 Å². The number of carboxylic acid groups (broad SMARTS) is 1. The number of carboxylic acids is 1. The largest absolute Gasteiger partial charge is 0.480 e. The van der Waals surface area contributed by atoms with Gasteiger partial charge in [0.15, 0.2) is 0 Å².